The number of non-ortho nitro benzene ring substituents is 1. The summed E-state index contributed by atoms with van der Waals surface area (Å²) >= 11 is 0. The molecule has 0 spiro atoms. The number of ether oxygens (including phenoxy) is 5. The van der Waals surface area contributed by atoms with E-state index < -0.39 is 22.8 Å². The van der Waals surface area contributed by atoms with E-state index in [1.54, 1.807) is 19.9 Å². The van der Waals surface area contributed by atoms with Crippen LogP contribution in [0.4, 0.5) is 5.69 Å². The average molecular weight is 609 g/mol. The van der Waals surface area contributed by atoms with Gasteiger partial charge >= 0.3 is 11.9 Å². The van der Waals surface area contributed by atoms with Crippen molar-refractivity contribution in [3.63, 3.8) is 0 Å². The van der Waals surface area contributed by atoms with Crippen LogP contribution in [0.25, 0.3) is 0 Å². The molecule has 0 bridgehead atoms. The van der Waals surface area contributed by atoms with Gasteiger partial charge in [-0.05, 0) is 75.6 Å². The number of hydrogen-bond donors (Lipinski definition) is 1. The lowest BCUT2D eigenvalue weighted by Crippen LogP contribution is -2.32. The van der Waals surface area contributed by atoms with Gasteiger partial charge in [0.25, 0.3) is 5.69 Å². The molecule has 2 aromatic carbocycles. The summed E-state index contributed by atoms with van der Waals surface area (Å²) in [7, 11) is 1.24. The summed E-state index contributed by atoms with van der Waals surface area (Å²) in [6, 6.07) is 13.6. The van der Waals surface area contributed by atoms with E-state index in [9.17, 15) is 19.7 Å². The number of esters is 2. The van der Waals surface area contributed by atoms with E-state index >= 15 is 0 Å². The molecule has 1 saturated heterocycles. The molecule has 236 valence electrons. The monoisotopic (exact) mass is 608 g/mol. The number of nitrogens with one attached hydrogen (secondary N) is 1. The van der Waals surface area contributed by atoms with Crippen LogP contribution in [0, 0.1) is 10.1 Å². The van der Waals surface area contributed by atoms with Gasteiger partial charge in [-0.2, -0.15) is 0 Å². The first-order valence-corrected chi connectivity index (χ1v) is 14.9. The Hall–Kier alpha value is -4.22. The van der Waals surface area contributed by atoms with Crippen LogP contribution in [0.1, 0.15) is 63.0 Å². The lowest BCUT2D eigenvalue weighted by Gasteiger charge is -2.30. The highest BCUT2D eigenvalue weighted by Gasteiger charge is 2.38. The SMILES string of the molecule is COC(=O)C1=C(C)NC(C)=C(C(=O)OCCOc2ccc(CCCCOC3CCCCO3)cc2)C1c1cccc([N+](=O)[O-])c1. The Morgan fingerprint density at radius 3 is 2.41 bits per heavy atom. The number of carbonyl (C=O) groups excluding carboxylic acids is 2. The molecular weight excluding hydrogens is 568 g/mol. The number of benzene rings is 2. The highest BCUT2D eigenvalue weighted by Crippen LogP contribution is 2.40. The third-order valence-corrected chi connectivity index (χ3v) is 7.61. The number of unbranched alkanes of at least 4 members (excludes halogenated alkanes) is 1. The predicted octanol–water partition coefficient (Wildman–Crippen LogP) is 5.49. The molecule has 11 heteroatoms. The lowest BCUT2D eigenvalue weighted by molar-refractivity contribution is -0.384. The number of dihydropyridines is 1. The normalized spacial score (nSPS) is 18.4. The van der Waals surface area contributed by atoms with E-state index in [1.807, 2.05) is 24.3 Å². The minimum atomic E-state index is -0.920. The molecule has 4 rings (SSSR count). The number of hydrogen-bond acceptors (Lipinski definition) is 10. The molecule has 11 nitrogen and oxygen atoms in total. The van der Waals surface area contributed by atoms with Crippen molar-refractivity contribution in [2.75, 3.05) is 33.5 Å². The molecule has 0 saturated carbocycles. The van der Waals surface area contributed by atoms with E-state index in [-0.39, 0.29) is 36.3 Å². The molecule has 2 aromatic rings. The Morgan fingerprint density at radius 1 is 0.977 bits per heavy atom. The van der Waals surface area contributed by atoms with Gasteiger partial charge in [0.2, 0.25) is 0 Å². The van der Waals surface area contributed by atoms with Crippen LogP contribution >= 0.6 is 0 Å². The number of rotatable bonds is 14. The van der Waals surface area contributed by atoms with Gasteiger partial charge in [-0.25, -0.2) is 9.59 Å². The van der Waals surface area contributed by atoms with Crippen LogP contribution in [0.3, 0.4) is 0 Å². The fraction of sp³-hybridized carbons (Fsp3) is 0.455. The van der Waals surface area contributed by atoms with Gasteiger partial charge in [0, 0.05) is 36.7 Å². The largest absolute Gasteiger partial charge is 0.490 e. The molecule has 2 heterocycles. The first-order valence-electron chi connectivity index (χ1n) is 14.9. The summed E-state index contributed by atoms with van der Waals surface area (Å²) in [4.78, 5) is 37.1. The smallest absolute Gasteiger partial charge is 0.336 e. The first-order chi connectivity index (χ1) is 21.3. The van der Waals surface area contributed by atoms with Crippen LogP contribution in [-0.4, -0.2) is 56.7 Å². The molecule has 2 atom stereocenters. The molecule has 44 heavy (non-hydrogen) atoms. The summed E-state index contributed by atoms with van der Waals surface area (Å²) in [6.45, 7) is 4.93. The van der Waals surface area contributed by atoms with Gasteiger partial charge in [-0.15, -0.1) is 0 Å². The molecule has 0 radical (unpaired) electrons. The average Bonchev–Trinajstić information content (AvgIpc) is 3.03. The van der Waals surface area contributed by atoms with Crippen molar-refractivity contribution >= 4 is 17.6 Å². The summed E-state index contributed by atoms with van der Waals surface area (Å²) in [5, 5.41) is 14.5. The van der Waals surface area contributed by atoms with E-state index in [4.69, 9.17) is 23.7 Å². The fourth-order valence-electron chi connectivity index (χ4n) is 5.41. The standard InChI is InChI=1S/C33H40N2O9/c1-22-29(32(36)40-3)31(25-10-8-11-26(21-25)35(38)39)30(23(2)34-22)33(37)44-20-19-41-27-15-13-24(14-16-27)9-4-6-17-42-28-12-5-7-18-43-28/h8,10-11,13-16,21,28,31,34H,4-7,9,12,17-20H2,1-3H3. The summed E-state index contributed by atoms with van der Waals surface area (Å²) in [5.74, 6) is -1.59. The van der Waals surface area contributed by atoms with Gasteiger partial charge in [-0.3, -0.25) is 10.1 Å². The maximum atomic E-state index is 13.4. The third kappa shape index (κ3) is 8.67. The predicted molar refractivity (Wildman–Crippen MR) is 162 cm³/mol. The summed E-state index contributed by atoms with van der Waals surface area (Å²) < 4.78 is 27.7. The molecule has 0 amide bonds. The molecule has 1 fully saturated rings. The molecule has 2 unspecified atom stereocenters. The van der Waals surface area contributed by atoms with E-state index in [0.29, 0.717) is 29.3 Å². The minimum Gasteiger partial charge on any atom is -0.490 e. The van der Waals surface area contributed by atoms with Crippen molar-refractivity contribution in [1.82, 2.24) is 5.32 Å². The second kappa shape index (κ2) is 16.0. The minimum absolute atomic E-state index is 0.0417. The summed E-state index contributed by atoms with van der Waals surface area (Å²) in [5.41, 5.74) is 2.73. The van der Waals surface area contributed by atoms with Gasteiger partial charge in [0.15, 0.2) is 6.29 Å². The quantitative estimate of drug-likeness (QED) is 0.127. The van der Waals surface area contributed by atoms with Crippen molar-refractivity contribution in [3.05, 3.63) is 92.3 Å². The zero-order valence-electron chi connectivity index (χ0n) is 25.5. The Kier molecular flexibility index (Phi) is 11.9. The molecule has 0 aliphatic carbocycles. The number of nitro benzene ring substituents is 1. The number of allylic oxidation sites excluding steroid dienone is 2. The van der Waals surface area contributed by atoms with Crippen molar-refractivity contribution in [3.8, 4) is 5.75 Å². The molecule has 2 aliphatic rings. The number of carbonyl (C=O) groups is 2. The molecule has 0 aromatic heterocycles. The topological polar surface area (TPSA) is 135 Å². The van der Waals surface area contributed by atoms with E-state index in [1.165, 1.54) is 30.9 Å². The number of aryl methyl sites for hydroxylation is 1. The summed E-state index contributed by atoms with van der Waals surface area (Å²) in [6.07, 6.45) is 6.11. The van der Waals surface area contributed by atoms with Crippen LogP contribution in [0.5, 0.6) is 5.75 Å². The molecule has 1 N–H and O–H groups in total. The van der Waals surface area contributed by atoms with Gasteiger partial charge < -0.3 is 29.0 Å². The fourth-order valence-corrected chi connectivity index (χ4v) is 5.41. The molecular formula is C33H40N2O9. The second-order valence-corrected chi connectivity index (χ2v) is 10.7. The zero-order chi connectivity index (χ0) is 31.5. The Bertz CT molecular complexity index is 1380. The Balaban J connectivity index is 1.30. The van der Waals surface area contributed by atoms with Crippen molar-refractivity contribution in [2.24, 2.45) is 0 Å². The van der Waals surface area contributed by atoms with Gasteiger partial charge in [-0.1, -0.05) is 24.3 Å². The van der Waals surface area contributed by atoms with Gasteiger partial charge in [0.05, 0.1) is 29.1 Å². The number of methoxy groups -OCH3 is 1. The van der Waals surface area contributed by atoms with Crippen LogP contribution in [0.2, 0.25) is 0 Å². The first kappa shape index (κ1) is 32.7. The number of nitrogens with zero attached hydrogens (tertiary/aromatic N) is 1. The van der Waals surface area contributed by atoms with Crippen molar-refractivity contribution < 1.29 is 38.2 Å². The maximum absolute atomic E-state index is 13.4. The molecule has 2 aliphatic heterocycles. The Labute approximate surface area is 257 Å². The number of nitro groups is 1. The highest BCUT2D eigenvalue weighted by molar-refractivity contribution is 5.99. The second-order valence-electron chi connectivity index (χ2n) is 10.7. The van der Waals surface area contributed by atoms with E-state index in [0.717, 1.165) is 45.1 Å². The van der Waals surface area contributed by atoms with E-state index in [2.05, 4.69) is 5.32 Å². The van der Waals surface area contributed by atoms with Crippen molar-refractivity contribution in [1.29, 1.82) is 0 Å². The van der Waals surface area contributed by atoms with Gasteiger partial charge in [0.1, 0.15) is 19.0 Å². The highest BCUT2D eigenvalue weighted by atomic mass is 16.7. The van der Waals surface area contributed by atoms with Crippen LogP contribution in [-0.2, 0) is 35.0 Å². The van der Waals surface area contributed by atoms with Crippen LogP contribution < -0.4 is 10.1 Å². The lowest BCUT2D eigenvalue weighted by atomic mass is 9.80. The Morgan fingerprint density at radius 2 is 1.73 bits per heavy atom. The maximum Gasteiger partial charge on any atom is 0.336 e. The van der Waals surface area contributed by atoms with Crippen LogP contribution in [0.15, 0.2) is 71.1 Å². The van der Waals surface area contributed by atoms with Crippen molar-refractivity contribution in [2.45, 2.75) is 64.6 Å². The third-order valence-electron chi connectivity index (χ3n) is 7.61. The zero-order valence-corrected chi connectivity index (χ0v) is 25.5.